The van der Waals surface area contributed by atoms with Crippen LogP contribution in [0.3, 0.4) is 0 Å². The molecule has 176 valence electrons. The monoisotopic (exact) mass is 411 g/mol. The molecule has 0 atom stereocenters. The standard InChI is InChI=1S/C27H57NO/c1-4-6-7-8-9-10-11-12-13-14-15-16-17-18-19-20-21-22-23-24-26-29-27-28(3)25-5-2/h4-27H2,1-3H3. The first-order chi connectivity index (χ1) is 14.3. The summed E-state index contributed by atoms with van der Waals surface area (Å²) in [6.45, 7) is 7.39. The molecule has 0 spiro atoms. The van der Waals surface area contributed by atoms with Crippen molar-refractivity contribution >= 4 is 0 Å². The molecule has 0 N–H and O–H groups in total. The number of hydrogen-bond donors (Lipinski definition) is 0. The van der Waals surface area contributed by atoms with E-state index in [-0.39, 0.29) is 0 Å². The van der Waals surface area contributed by atoms with Crippen LogP contribution < -0.4 is 0 Å². The number of hydrogen-bond acceptors (Lipinski definition) is 2. The van der Waals surface area contributed by atoms with Crippen molar-refractivity contribution in [2.24, 2.45) is 0 Å². The molecular formula is C27H57NO. The van der Waals surface area contributed by atoms with E-state index < -0.39 is 0 Å². The summed E-state index contributed by atoms with van der Waals surface area (Å²) in [4.78, 5) is 2.26. The molecule has 0 aliphatic heterocycles. The summed E-state index contributed by atoms with van der Waals surface area (Å²) in [5, 5.41) is 0. The quantitative estimate of drug-likeness (QED) is 0.110. The van der Waals surface area contributed by atoms with E-state index in [9.17, 15) is 0 Å². The largest absolute Gasteiger partial charge is 0.366 e. The summed E-state index contributed by atoms with van der Waals surface area (Å²) in [5.41, 5.74) is 0. The van der Waals surface area contributed by atoms with Crippen molar-refractivity contribution in [2.75, 3.05) is 26.9 Å². The molecule has 0 aliphatic rings. The van der Waals surface area contributed by atoms with Crippen LogP contribution in [-0.2, 0) is 4.74 Å². The minimum absolute atomic E-state index is 0.799. The first-order valence-corrected chi connectivity index (χ1v) is 13.6. The third-order valence-corrected chi connectivity index (χ3v) is 6.06. The van der Waals surface area contributed by atoms with Crippen LogP contribution >= 0.6 is 0 Å². The van der Waals surface area contributed by atoms with Gasteiger partial charge in [0.05, 0.1) is 6.73 Å². The van der Waals surface area contributed by atoms with Crippen LogP contribution in [0, 0.1) is 0 Å². The Hall–Kier alpha value is -0.0800. The molecule has 29 heavy (non-hydrogen) atoms. The number of ether oxygens (including phenoxy) is 1. The van der Waals surface area contributed by atoms with E-state index in [1.807, 2.05) is 0 Å². The van der Waals surface area contributed by atoms with Gasteiger partial charge in [0.15, 0.2) is 0 Å². The summed E-state index contributed by atoms with van der Waals surface area (Å²) < 4.78 is 5.71. The molecule has 0 rings (SSSR count). The van der Waals surface area contributed by atoms with E-state index in [4.69, 9.17) is 4.74 Å². The molecule has 0 aromatic rings. The summed E-state index contributed by atoms with van der Waals surface area (Å²) in [6.07, 6.45) is 30.0. The van der Waals surface area contributed by atoms with Gasteiger partial charge in [-0.25, -0.2) is 0 Å². The highest BCUT2D eigenvalue weighted by molar-refractivity contribution is 4.51. The number of nitrogens with zero attached hydrogens (tertiary/aromatic N) is 1. The Labute approximate surface area is 185 Å². The average molecular weight is 412 g/mol. The lowest BCUT2D eigenvalue weighted by Gasteiger charge is -2.15. The molecule has 2 nitrogen and oxygen atoms in total. The normalized spacial score (nSPS) is 11.6. The zero-order chi connectivity index (χ0) is 21.3. The van der Waals surface area contributed by atoms with E-state index >= 15 is 0 Å². The molecule has 0 radical (unpaired) electrons. The third kappa shape index (κ3) is 25.9. The molecule has 0 aromatic carbocycles. The molecule has 0 bridgehead atoms. The van der Waals surface area contributed by atoms with Gasteiger partial charge in [0.1, 0.15) is 0 Å². The minimum atomic E-state index is 0.799. The maximum atomic E-state index is 5.71. The predicted molar refractivity (Wildman–Crippen MR) is 132 cm³/mol. The maximum Gasteiger partial charge on any atom is 0.0987 e. The molecule has 0 heterocycles. The van der Waals surface area contributed by atoms with Crippen LogP contribution in [0.5, 0.6) is 0 Å². The molecule has 0 saturated carbocycles. The van der Waals surface area contributed by atoms with Crippen LogP contribution in [0.2, 0.25) is 0 Å². The van der Waals surface area contributed by atoms with Gasteiger partial charge >= 0.3 is 0 Å². The van der Waals surface area contributed by atoms with Gasteiger partial charge in [-0.3, -0.25) is 4.90 Å². The van der Waals surface area contributed by atoms with Gasteiger partial charge in [-0.15, -0.1) is 0 Å². The smallest absolute Gasteiger partial charge is 0.0987 e. The number of unbranched alkanes of at least 4 members (excludes halogenated alkanes) is 19. The Bertz CT molecular complexity index is 282. The van der Waals surface area contributed by atoms with Crippen molar-refractivity contribution in [1.82, 2.24) is 4.90 Å². The van der Waals surface area contributed by atoms with Gasteiger partial charge in [0.2, 0.25) is 0 Å². The van der Waals surface area contributed by atoms with Crippen LogP contribution in [0.4, 0.5) is 0 Å². The fraction of sp³-hybridized carbons (Fsp3) is 1.00. The molecule has 0 amide bonds. The first kappa shape index (κ1) is 28.9. The second-order valence-corrected chi connectivity index (χ2v) is 9.33. The third-order valence-electron chi connectivity index (χ3n) is 6.06. The van der Waals surface area contributed by atoms with Gasteiger partial charge < -0.3 is 4.74 Å². The van der Waals surface area contributed by atoms with Crippen molar-refractivity contribution in [3.63, 3.8) is 0 Å². The maximum absolute atomic E-state index is 5.71. The molecule has 0 aromatic heterocycles. The van der Waals surface area contributed by atoms with Crippen molar-refractivity contribution in [1.29, 1.82) is 0 Å². The predicted octanol–water partition coefficient (Wildman–Crippen LogP) is 9.12. The lowest BCUT2D eigenvalue weighted by molar-refractivity contribution is 0.0409. The fourth-order valence-electron chi connectivity index (χ4n) is 4.13. The summed E-state index contributed by atoms with van der Waals surface area (Å²) >= 11 is 0. The first-order valence-electron chi connectivity index (χ1n) is 13.6. The van der Waals surface area contributed by atoms with E-state index in [0.717, 1.165) is 19.9 Å². The topological polar surface area (TPSA) is 12.5 Å². The average Bonchev–Trinajstić information content (AvgIpc) is 2.72. The van der Waals surface area contributed by atoms with Crippen molar-refractivity contribution in [3.8, 4) is 0 Å². The lowest BCUT2D eigenvalue weighted by atomic mass is 10.0. The summed E-state index contributed by atoms with van der Waals surface area (Å²) in [6, 6.07) is 0. The zero-order valence-corrected chi connectivity index (χ0v) is 20.8. The van der Waals surface area contributed by atoms with E-state index in [0.29, 0.717) is 0 Å². The fourth-order valence-corrected chi connectivity index (χ4v) is 4.13. The van der Waals surface area contributed by atoms with Crippen molar-refractivity contribution < 1.29 is 4.74 Å². The van der Waals surface area contributed by atoms with Gasteiger partial charge in [0, 0.05) is 6.61 Å². The van der Waals surface area contributed by atoms with Gasteiger partial charge in [-0.05, 0) is 26.4 Å². The molecule has 0 fully saturated rings. The highest BCUT2D eigenvalue weighted by atomic mass is 16.5. The Morgan fingerprint density at radius 2 is 0.793 bits per heavy atom. The zero-order valence-electron chi connectivity index (χ0n) is 20.8. The van der Waals surface area contributed by atoms with Gasteiger partial charge in [0.25, 0.3) is 0 Å². The van der Waals surface area contributed by atoms with E-state index in [2.05, 4.69) is 25.8 Å². The van der Waals surface area contributed by atoms with E-state index in [1.165, 1.54) is 135 Å². The molecule has 0 unspecified atom stereocenters. The Kier molecular flexibility index (Phi) is 25.9. The van der Waals surface area contributed by atoms with Crippen molar-refractivity contribution in [2.45, 2.75) is 149 Å². The van der Waals surface area contributed by atoms with Crippen LogP contribution in [0.25, 0.3) is 0 Å². The Morgan fingerprint density at radius 3 is 1.14 bits per heavy atom. The van der Waals surface area contributed by atoms with Gasteiger partial charge in [-0.2, -0.15) is 0 Å². The molecule has 2 heteroatoms. The van der Waals surface area contributed by atoms with Crippen LogP contribution in [0.15, 0.2) is 0 Å². The highest BCUT2D eigenvalue weighted by Gasteiger charge is 1.97. The molecule has 0 saturated heterocycles. The van der Waals surface area contributed by atoms with Gasteiger partial charge in [-0.1, -0.05) is 136 Å². The Balaban J connectivity index is 3.02. The SMILES string of the molecule is CCCCCCCCCCCCCCCCCCCCCCOCN(C)CCC. The summed E-state index contributed by atoms with van der Waals surface area (Å²) in [7, 11) is 2.14. The van der Waals surface area contributed by atoms with Crippen molar-refractivity contribution in [3.05, 3.63) is 0 Å². The van der Waals surface area contributed by atoms with E-state index in [1.54, 1.807) is 0 Å². The summed E-state index contributed by atoms with van der Waals surface area (Å²) in [5.74, 6) is 0. The number of rotatable bonds is 25. The minimum Gasteiger partial charge on any atom is -0.366 e. The molecule has 0 aliphatic carbocycles. The highest BCUT2D eigenvalue weighted by Crippen LogP contribution is 2.14. The Morgan fingerprint density at radius 1 is 0.448 bits per heavy atom. The lowest BCUT2D eigenvalue weighted by Crippen LogP contribution is -2.22. The molecular weight excluding hydrogens is 354 g/mol. The second-order valence-electron chi connectivity index (χ2n) is 9.33. The van der Waals surface area contributed by atoms with Crippen LogP contribution in [-0.4, -0.2) is 31.8 Å². The second kappa shape index (κ2) is 26.0. The van der Waals surface area contributed by atoms with Crippen LogP contribution in [0.1, 0.15) is 149 Å².